The molecule has 0 spiro atoms. The van der Waals surface area contributed by atoms with E-state index in [1.54, 1.807) is 24.3 Å². The van der Waals surface area contributed by atoms with E-state index in [0.717, 1.165) is 0 Å². The molecule has 0 heterocycles. The zero-order valence-corrected chi connectivity index (χ0v) is 10.4. The highest BCUT2D eigenvalue weighted by atomic mass is 31.2. The molecule has 0 radical (unpaired) electrons. The summed E-state index contributed by atoms with van der Waals surface area (Å²) in [6, 6.07) is 10.6. The largest absolute Gasteiger partial charge is 0.425 e. The van der Waals surface area contributed by atoms with Gasteiger partial charge in [-0.3, -0.25) is 4.52 Å². The third kappa shape index (κ3) is 4.06. The molecule has 0 aliphatic rings. The van der Waals surface area contributed by atoms with Crippen LogP contribution in [0.4, 0.5) is 0 Å². The van der Waals surface area contributed by atoms with E-state index in [-0.39, 0.29) is 0 Å². The van der Waals surface area contributed by atoms with Crippen LogP contribution in [-0.4, -0.2) is 12.3 Å². The number of hydrogen-bond acceptors (Lipinski definition) is 4. The fourth-order valence-electron chi connectivity index (χ4n) is 1.13. The maximum absolute atomic E-state index is 12.0. The molecule has 0 bridgehead atoms. The van der Waals surface area contributed by atoms with Gasteiger partial charge in [-0.15, -0.1) is 0 Å². The second kappa shape index (κ2) is 4.69. The summed E-state index contributed by atoms with van der Waals surface area (Å²) in [5.74, 6) is 0.460. The van der Waals surface area contributed by atoms with Gasteiger partial charge in [0, 0.05) is 6.66 Å². The molecular formula is C11H14NO3P. The second-order valence-corrected chi connectivity index (χ2v) is 5.80. The van der Waals surface area contributed by atoms with E-state index in [4.69, 9.17) is 14.3 Å². The summed E-state index contributed by atoms with van der Waals surface area (Å²) in [7, 11) is -3.27. The van der Waals surface area contributed by atoms with Crippen molar-refractivity contribution in [2.45, 2.75) is 19.4 Å². The molecule has 4 nitrogen and oxygen atoms in total. The van der Waals surface area contributed by atoms with E-state index < -0.39 is 13.2 Å². The third-order valence-electron chi connectivity index (χ3n) is 1.68. The summed E-state index contributed by atoms with van der Waals surface area (Å²) >= 11 is 0. The predicted molar refractivity (Wildman–Crippen MR) is 61.4 cm³/mol. The summed E-state index contributed by atoms with van der Waals surface area (Å²) < 4.78 is 22.3. The molecule has 0 aliphatic heterocycles. The van der Waals surface area contributed by atoms with E-state index in [1.807, 2.05) is 12.1 Å². The van der Waals surface area contributed by atoms with E-state index in [9.17, 15) is 4.57 Å². The topological polar surface area (TPSA) is 59.3 Å². The molecule has 0 amide bonds. The van der Waals surface area contributed by atoms with Crippen LogP contribution in [0.25, 0.3) is 0 Å². The second-order valence-electron chi connectivity index (χ2n) is 3.89. The van der Waals surface area contributed by atoms with Crippen molar-refractivity contribution in [3.05, 3.63) is 30.3 Å². The van der Waals surface area contributed by atoms with Crippen molar-refractivity contribution >= 4 is 7.60 Å². The van der Waals surface area contributed by atoms with Crippen LogP contribution in [0, 0.1) is 11.3 Å². The van der Waals surface area contributed by atoms with Crippen molar-refractivity contribution in [1.82, 2.24) is 0 Å². The van der Waals surface area contributed by atoms with E-state index >= 15 is 0 Å². The number of nitrogens with zero attached hydrogens (tertiary/aromatic N) is 1. The normalized spacial score (nSPS) is 14.9. The number of benzene rings is 1. The number of rotatable bonds is 4. The number of hydrogen-bond donors (Lipinski definition) is 0. The summed E-state index contributed by atoms with van der Waals surface area (Å²) in [5.41, 5.74) is -1.13. The summed E-state index contributed by atoms with van der Waals surface area (Å²) in [6.45, 7) is 4.42. The minimum Gasteiger partial charge on any atom is -0.425 e. The smallest absolute Gasteiger partial charge is 0.377 e. The Labute approximate surface area is 95.3 Å². The Morgan fingerprint density at radius 1 is 1.31 bits per heavy atom. The van der Waals surface area contributed by atoms with Crippen LogP contribution in [0.2, 0.25) is 0 Å². The van der Waals surface area contributed by atoms with Crippen LogP contribution in [0.1, 0.15) is 13.8 Å². The lowest BCUT2D eigenvalue weighted by atomic mass is 10.2. The van der Waals surface area contributed by atoms with Gasteiger partial charge >= 0.3 is 7.60 Å². The van der Waals surface area contributed by atoms with E-state index in [2.05, 4.69) is 0 Å². The molecule has 1 atom stereocenters. The van der Waals surface area contributed by atoms with Crippen LogP contribution in [0.15, 0.2) is 30.3 Å². The summed E-state index contributed by atoms with van der Waals surface area (Å²) in [5, 5.41) is 8.77. The van der Waals surface area contributed by atoms with E-state index in [0.29, 0.717) is 5.75 Å². The van der Waals surface area contributed by atoms with Crippen molar-refractivity contribution in [3.8, 4) is 11.8 Å². The molecule has 1 rings (SSSR count). The molecule has 86 valence electrons. The highest BCUT2D eigenvalue weighted by molar-refractivity contribution is 7.53. The van der Waals surface area contributed by atoms with Crippen molar-refractivity contribution in [2.24, 2.45) is 0 Å². The standard InChI is InChI=1S/C11H14NO3P/c1-11(2,9-12)15-16(3,13)14-10-7-5-4-6-8-10/h4-8H,1-3H3. The van der Waals surface area contributed by atoms with Gasteiger partial charge in [-0.1, -0.05) is 18.2 Å². The van der Waals surface area contributed by atoms with Gasteiger partial charge in [0.2, 0.25) is 0 Å². The average Bonchev–Trinajstić information content (AvgIpc) is 2.17. The SMILES string of the molecule is CC(C)(C#N)OP(C)(=O)Oc1ccccc1. The Morgan fingerprint density at radius 2 is 1.88 bits per heavy atom. The Kier molecular flexibility index (Phi) is 3.74. The maximum Gasteiger partial charge on any atom is 0.377 e. The van der Waals surface area contributed by atoms with E-state index in [1.165, 1.54) is 20.5 Å². The highest BCUT2D eigenvalue weighted by Gasteiger charge is 2.30. The molecule has 0 N–H and O–H groups in total. The van der Waals surface area contributed by atoms with Gasteiger partial charge in [0.25, 0.3) is 0 Å². The van der Waals surface area contributed by atoms with Gasteiger partial charge in [0.15, 0.2) is 5.60 Å². The predicted octanol–water partition coefficient (Wildman–Crippen LogP) is 3.21. The van der Waals surface area contributed by atoms with Crippen LogP contribution in [-0.2, 0) is 9.09 Å². The molecule has 1 aromatic rings. The first kappa shape index (κ1) is 12.8. The first-order valence-corrected chi connectivity index (χ1v) is 6.78. The van der Waals surface area contributed by atoms with Gasteiger partial charge in [0.05, 0.1) is 6.07 Å². The molecule has 1 unspecified atom stereocenters. The highest BCUT2D eigenvalue weighted by Crippen LogP contribution is 2.47. The zero-order chi connectivity index (χ0) is 12.2. The van der Waals surface area contributed by atoms with Crippen molar-refractivity contribution in [3.63, 3.8) is 0 Å². The zero-order valence-electron chi connectivity index (χ0n) is 9.51. The average molecular weight is 239 g/mol. The molecule has 16 heavy (non-hydrogen) atoms. The fraction of sp³-hybridized carbons (Fsp3) is 0.364. The Bertz CT molecular complexity index is 436. The molecule has 0 aromatic heterocycles. The van der Waals surface area contributed by atoms with Crippen LogP contribution < -0.4 is 4.52 Å². The number of nitriles is 1. The van der Waals surface area contributed by atoms with Gasteiger partial charge in [-0.2, -0.15) is 5.26 Å². The van der Waals surface area contributed by atoms with Crippen LogP contribution >= 0.6 is 7.60 Å². The van der Waals surface area contributed by atoms with Crippen LogP contribution in [0.5, 0.6) is 5.75 Å². The minimum atomic E-state index is -3.27. The van der Waals surface area contributed by atoms with Crippen molar-refractivity contribution < 1.29 is 13.6 Å². The fourth-order valence-corrected chi connectivity index (χ4v) is 2.54. The summed E-state index contributed by atoms with van der Waals surface area (Å²) in [6.07, 6.45) is 0. The monoisotopic (exact) mass is 239 g/mol. The van der Waals surface area contributed by atoms with Gasteiger partial charge in [0.1, 0.15) is 5.75 Å². The minimum absolute atomic E-state index is 0.460. The quantitative estimate of drug-likeness (QED) is 0.757. The Morgan fingerprint density at radius 3 is 2.38 bits per heavy atom. The van der Waals surface area contributed by atoms with Gasteiger partial charge < -0.3 is 4.52 Å². The molecule has 1 aromatic carbocycles. The first-order valence-electron chi connectivity index (χ1n) is 4.79. The molecular weight excluding hydrogens is 225 g/mol. The molecule has 0 saturated carbocycles. The summed E-state index contributed by atoms with van der Waals surface area (Å²) in [4.78, 5) is 0. The maximum atomic E-state index is 12.0. The first-order chi connectivity index (χ1) is 7.35. The van der Waals surface area contributed by atoms with Crippen LogP contribution in [0.3, 0.4) is 0 Å². The lowest BCUT2D eigenvalue weighted by molar-refractivity contribution is 0.151. The molecule has 0 saturated heterocycles. The molecule has 0 aliphatic carbocycles. The van der Waals surface area contributed by atoms with Crippen molar-refractivity contribution in [1.29, 1.82) is 5.26 Å². The Hall–Kier alpha value is -1.30. The lowest BCUT2D eigenvalue weighted by Gasteiger charge is -2.22. The van der Waals surface area contributed by atoms with Gasteiger partial charge in [-0.05, 0) is 26.0 Å². The Balaban J connectivity index is 2.74. The van der Waals surface area contributed by atoms with Crippen molar-refractivity contribution in [2.75, 3.05) is 6.66 Å². The lowest BCUT2D eigenvalue weighted by Crippen LogP contribution is -2.21. The van der Waals surface area contributed by atoms with Gasteiger partial charge in [-0.25, -0.2) is 4.57 Å². The molecule has 5 heteroatoms. The number of para-hydroxylation sites is 1. The molecule has 0 fully saturated rings. The third-order valence-corrected chi connectivity index (χ3v) is 3.01.